The normalized spacial score (nSPS) is 11.3. The minimum absolute atomic E-state index is 0.0903. The molecular weight excluding hydrogens is 103 g/mol. The standard InChI is InChI=1S/C3H3FOS/c4-3(1-5)2-6/h1-2,6H/b3-2-. The molecule has 3 heteroatoms. The molecule has 0 atom stereocenters. The molecule has 0 unspecified atom stereocenters. The predicted octanol–water partition coefficient (Wildman–Crippen LogP) is 0.926. The van der Waals surface area contributed by atoms with Gasteiger partial charge in [-0.25, -0.2) is 4.39 Å². The van der Waals surface area contributed by atoms with Crippen molar-refractivity contribution < 1.29 is 9.18 Å². The number of hydrogen-bond acceptors (Lipinski definition) is 2. The van der Waals surface area contributed by atoms with Gasteiger partial charge in [0.2, 0.25) is 0 Å². The topological polar surface area (TPSA) is 17.1 Å². The molecule has 0 rings (SSSR count). The lowest BCUT2D eigenvalue weighted by molar-refractivity contribution is -0.106. The third kappa shape index (κ3) is 1.96. The minimum Gasteiger partial charge on any atom is -0.295 e. The van der Waals surface area contributed by atoms with Gasteiger partial charge < -0.3 is 0 Å². The van der Waals surface area contributed by atoms with Crippen molar-refractivity contribution in [3.05, 3.63) is 11.2 Å². The summed E-state index contributed by atoms with van der Waals surface area (Å²) in [5.74, 6) is -0.849. The number of halogens is 1. The highest BCUT2D eigenvalue weighted by Crippen LogP contribution is 1.89. The molecule has 6 heavy (non-hydrogen) atoms. The fourth-order valence-corrected chi connectivity index (χ4v) is 0.0913. The summed E-state index contributed by atoms with van der Waals surface area (Å²) in [6, 6.07) is 0. The zero-order valence-corrected chi connectivity index (χ0v) is 3.78. The Labute approximate surface area is 40.3 Å². The summed E-state index contributed by atoms with van der Waals surface area (Å²) in [6.07, 6.45) is 0.0903. The molecule has 0 saturated heterocycles. The zero-order chi connectivity index (χ0) is 4.99. The van der Waals surface area contributed by atoms with Gasteiger partial charge in [-0.2, -0.15) is 0 Å². The van der Waals surface area contributed by atoms with Crippen LogP contribution >= 0.6 is 12.6 Å². The van der Waals surface area contributed by atoms with E-state index < -0.39 is 5.83 Å². The van der Waals surface area contributed by atoms with E-state index in [-0.39, 0.29) is 6.29 Å². The molecule has 0 aromatic carbocycles. The fourth-order valence-electron chi connectivity index (χ4n) is 0.0304. The van der Waals surface area contributed by atoms with Gasteiger partial charge >= 0.3 is 0 Å². The fraction of sp³-hybridized carbons (Fsp3) is 0. The summed E-state index contributed by atoms with van der Waals surface area (Å²) in [7, 11) is 0. The van der Waals surface area contributed by atoms with Crippen LogP contribution in [0.15, 0.2) is 11.2 Å². The number of rotatable bonds is 1. The number of carbonyl (C=O) groups excluding carboxylic acids is 1. The number of hydrogen-bond donors (Lipinski definition) is 1. The Morgan fingerprint density at radius 2 is 2.33 bits per heavy atom. The average molecular weight is 106 g/mol. The maximum absolute atomic E-state index is 11.3. The summed E-state index contributed by atoms with van der Waals surface area (Å²) in [6.45, 7) is 0. The van der Waals surface area contributed by atoms with Crippen molar-refractivity contribution in [1.82, 2.24) is 0 Å². The summed E-state index contributed by atoms with van der Waals surface area (Å²) < 4.78 is 11.3. The summed E-state index contributed by atoms with van der Waals surface area (Å²) in [5.41, 5.74) is 0. The van der Waals surface area contributed by atoms with E-state index in [4.69, 9.17) is 0 Å². The molecule has 0 aliphatic rings. The van der Waals surface area contributed by atoms with Gasteiger partial charge in [-0.1, -0.05) is 0 Å². The van der Waals surface area contributed by atoms with Crippen molar-refractivity contribution in [3.63, 3.8) is 0 Å². The highest BCUT2D eigenvalue weighted by Gasteiger charge is 1.79. The van der Waals surface area contributed by atoms with Crippen LogP contribution in [-0.4, -0.2) is 6.29 Å². The van der Waals surface area contributed by atoms with Gasteiger partial charge in [0.25, 0.3) is 0 Å². The van der Waals surface area contributed by atoms with Crippen molar-refractivity contribution in [2.75, 3.05) is 0 Å². The van der Waals surface area contributed by atoms with Crippen LogP contribution < -0.4 is 0 Å². The Morgan fingerprint density at radius 3 is 2.33 bits per heavy atom. The van der Waals surface area contributed by atoms with Crippen LogP contribution in [0.5, 0.6) is 0 Å². The highest BCUT2D eigenvalue weighted by molar-refractivity contribution is 7.83. The first-order valence-corrected chi connectivity index (χ1v) is 1.78. The Hall–Kier alpha value is -0.310. The van der Waals surface area contributed by atoms with Crippen molar-refractivity contribution >= 4 is 18.9 Å². The molecule has 0 aliphatic heterocycles. The van der Waals surface area contributed by atoms with E-state index in [0.29, 0.717) is 0 Å². The van der Waals surface area contributed by atoms with Gasteiger partial charge in [0, 0.05) is 5.41 Å². The molecule has 0 aromatic rings. The quantitative estimate of drug-likeness (QED) is 0.299. The molecule has 0 aromatic heterocycles. The molecule has 34 valence electrons. The molecular formula is C3H3FOS. The van der Waals surface area contributed by atoms with Gasteiger partial charge in [-0.15, -0.1) is 12.6 Å². The molecule has 0 bridgehead atoms. The molecule has 0 aliphatic carbocycles. The summed E-state index contributed by atoms with van der Waals surface area (Å²) >= 11 is 3.33. The van der Waals surface area contributed by atoms with Crippen molar-refractivity contribution in [2.45, 2.75) is 0 Å². The zero-order valence-electron chi connectivity index (χ0n) is 2.89. The van der Waals surface area contributed by atoms with Gasteiger partial charge in [-0.05, 0) is 0 Å². The number of thiol groups is 1. The van der Waals surface area contributed by atoms with Crippen molar-refractivity contribution in [2.24, 2.45) is 0 Å². The third-order valence-electron chi connectivity index (χ3n) is 0.236. The first-order valence-electron chi connectivity index (χ1n) is 1.26. The molecule has 0 fully saturated rings. The SMILES string of the molecule is O=C/C(F)=C/S. The Morgan fingerprint density at radius 1 is 1.83 bits per heavy atom. The van der Waals surface area contributed by atoms with Crippen LogP contribution in [-0.2, 0) is 4.79 Å². The smallest absolute Gasteiger partial charge is 0.178 e. The van der Waals surface area contributed by atoms with E-state index in [1.165, 1.54) is 0 Å². The maximum atomic E-state index is 11.3. The first kappa shape index (κ1) is 5.69. The Balaban J connectivity index is 3.50. The van der Waals surface area contributed by atoms with Crippen molar-refractivity contribution in [1.29, 1.82) is 0 Å². The highest BCUT2D eigenvalue weighted by atomic mass is 32.1. The second-order valence-corrected chi connectivity index (χ2v) is 0.890. The number of allylic oxidation sites excluding steroid dienone is 1. The van der Waals surface area contributed by atoms with Gasteiger partial charge in [0.05, 0.1) is 0 Å². The van der Waals surface area contributed by atoms with Crippen LogP contribution in [0.25, 0.3) is 0 Å². The lowest BCUT2D eigenvalue weighted by atomic mass is 10.7. The predicted molar refractivity (Wildman–Crippen MR) is 24.2 cm³/mol. The summed E-state index contributed by atoms with van der Waals surface area (Å²) in [4.78, 5) is 9.24. The molecule has 0 radical (unpaired) electrons. The van der Waals surface area contributed by atoms with Crippen LogP contribution in [0, 0.1) is 0 Å². The average Bonchev–Trinajstić information content (AvgIpc) is 1.65. The number of carbonyl (C=O) groups is 1. The van der Waals surface area contributed by atoms with Crippen LogP contribution in [0.2, 0.25) is 0 Å². The van der Waals surface area contributed by atoms with E-state index in [2.05, 4.69) is 12.6 Å². The van der Waals surface area contributed by atoms with E-state index in [1.807, 2.05) is 0 Å². The monoisotopic (exact) mass is 106 g/mol. The first-order chi connectivity index (χ1) is 2.81. The minimum atomic E-state index is -0.849. The molecule has 0 amide bonds. The van der Waals surface area contributed by atoms with E-state index >= 15 is 0 Å². The molecule has 0 spiro atoms. The number of aldehydes is 1. The largest absolute Gasteiger partial charge is 0.295 e. The Bertz CT molecular complexity index is 78.9. The van der Waals surface area contributed by atoms with Gasteiger partial charge in [0.15, 0.2) is 12.1 Å². The lowest BCUT2D eigenvalue weighted by Crippen LogP contribution is -1.65. The van der Waals surface area contributed by atoms with Crippen LogP contribution in [0.3, 0.4) is 0 Å². The molecule has 0 saturated carbocycles. The van der Waals surface area contributed by atoms with Crippen molar-refractivity contribution in [3.8, 4) is 0 Å². The van der Waals surface area contributed by atoms with E-state index in [0.717, 1.165) is 5.41 Å². The Kier molecular flexibility index (Phi) is 2.75. The van der Waals surface area contributed by atoms with E-state index in [1.54, 1.807) is 0 Å². The van der Waals surface area contributed by atoms with E-state index in [9.17, 15) is 9.18 Å². The second-order valence-electron chi connectivity index (χ2n) is 0.632. The maximum Gasteiger partial charge on any atom is 0.178 e. The lowest BCUT2D eigenvalue weighted by Gasteiger charge is -1.67. The van der Waals surface area contributed by atoms with Crippen LogP contribution in [0.4, 0.5) is 4.39 Å². The van der Waals surface area contributed by atoms with Gasteiger partial charge in [-0.3, -0.25) is 4.79 Å². The molecule has 0 N–H and O–H groups in total. The van der Waals surface area contributed by atoms with Crippen LogP contribution in [0.1, 0.15) is 0 Å². The summed E-state index contributed by atoms with van der Waals surface area (Å²) in [5, 5.41) is 0.799. The van der Waals surface area contributed by atoms with Gasteiger partial charge in [0.1, 0.15) is 0 Å². The second kappa shape index (κ2) is 2.90. The third-order valence-corrected chi connectivity index (χ3v) is 0.483. The molecule has 0 heterocycles. The molecule has 1 nitrogen and oxygen atoms in total.